The lowest BCUT2D eigenvalue weighted by molar-refractivity contribution is -0.116. The lowest BCUT2D eigenvalue weighted by Gasteiger charge is -2.19. The number of anilines is 2. The third-order valence-corrected chi connectivity index (χ3v) is 3.48. The van der Waals surface area contributed by atoms with Crippen LogP contribution in [0.25, 0.3) is 0 Å². The monoisotopic (exact) mass is 282 g/mol. The minimum Gasteiger partial charge on any atom is -0.373 e. The molecule has 21 heavy (non-hydrogen) atoms. The Morgan fingerprint density at radius 3 is 2.43 bits per heavy atom. The van der Waals surface area contributed by atoms with Crippen molar-refractivity contribution in [2.24, 2.45) is 0 Å². The topological polar surface area (TPSA) is 41.1 Å². The summed E-state index contributed by atoms with van der Waals surface area (Å²) in [6, 6.07) is 15.5. The maximum Gasteiger partial charge on any atom is 0.246 e. The van der Waals surface area contributed by atoms with Crippen molar-refractivity contribution in [2.75, 3.05) is 10.6 Å². The molecule has 3 heteroatoms. The summed E-state index contributed by atoms with van der Waals surface area (Å²) >= 11 is 0. The molecule has 0 spiro atoms. The van der Waals surface area contributed by atoms with Gasteiger partial charge >= 0.3 is 0 Å². The predicted octanol–water partition coefficient (Wildman–Crippen LogP) is 4.13. The Hall–Kier alpha value is -2.29. The van der Waals surface area contributed by atoms with E-state index in [0.717, 1.165) is 23.4 Å². The minimum atomic E-state index is -0.244. The number of amides is 1. The summed E-state index contributed by atoms with van der Waals surface area (Å²) in [6.07, 6.45) is 0.728. The zero-order valence-corrected chi connectivity index (χ0v) is 12.8. The van der Waals surface area contributed by atoms with Crippen molar-refractivity contribution in [3.05, 3.63) is 59.7 Å². The summed E-state index contributed by atoms with van der Waals surface area (Å²) in [7, 11) is 0. The third-order valence-electron chi connectivity index (χ3n) is 3.48. The smallest absolute Gasteiger partial charge is 0.246 e. The van der Waals surface area contributed by atoms with Gasteiger partial charge in [0.15, 0.2) is 0 Å². The normalized spacial score (nSPS) is 11.8. The summed E-state index contributed by atoms with van der Waals surface area (Å²) in [5.41, 5.74) is 4.21. The van der Waals surface area contributed by atoms with Crippen molar-refractivity contribution < 1.29 is 4.79 Å². The Bertz CT molecular complexity index is 608. The number of carbonyl (C=O) groups excluding carboxylic acids is 1. The van der Waals surface area contributed by atoms with Crippen LogP contribution in [0.5, 0.6) is 0 Å². The van der Waals surface area contributed by atoms with E-state index in [1.54, 1.807) is 0 Å². The number of para-hydroxylation sites is 1. The molecule has 2 N–H and O–H groups in total. The number of hydrogen-bond donors (Lipinski definition) is 2. The van der Waals surface area contributed by atoms with Gasteiger partial charge in [0.2, 0.25) is 5.91 Å². The van der Waals surface area contributed by atoms with Crippen molar-refractivity contribution in [3.63, 3.8) is 0 Å². The molecule has 0 radical (unpaired) electrons. The molecule has 3 nitrogen and oxygen atoms in total. The maximum atomic E-state index is 12.4. The van der Waals surface area contributed by atoms with Crippen LogP contribution in [0.2, 0.25) is 0 Å². The summed E-state index contributed by atoms with van der Waals surface area (Å²) < 4.78 is 0. The second-order valence-electron chi connectivity index (χ2n) is 5.28. The van der Waals surface area contributed by atoms with E-state index in [4.69, 9.17) is 0 Å². The minimum absolute atomic E-state index is 0.0105. The summed E-state index contributed by atoms with van der Waals surface area (Å²) in [5.74, 6) is -0.0105. The van der Waals surface area contributed by atoms with Gasteiger partial charge in [0.1, 0.15) is 6.04 Å². The van der Waals surface area contributed by atoms with E-state index in [1.165, 1.54) is 5.56 Å². The molecule has 2 aromatic rings. The largest absolute Gasteiger partial charge is 0.373 e. The Morgan fingerprint density at radius 1 is 1.10 bits per heavy atom. The number of carbonyl (C=O) groups is 1. The summed E-state index contributed by atoms with van der Waals surface area (Å²) in [6.45, 7) is 6.12. The van der Waals surface area contributed by atoms with E-state index in [1.807, 2.05) is 43.3 Å². The van der Waals surface area contributed by atoms with Crippen molar-refractivity contribution in [1.29, 1.82) is 0 Å². The molecule has 0 bridgehead atoms. The van der Waals surface area contributed by atoms with Gasteiger partial charge in [0, 0.05) is 11.4 Å². The highest BCUT2D eigenvalue weighted by Gasteiger charge is 2.16. The first-order valence-corrected chi connectivity index (χ1v) is 7.30. The van der Waals surface area contributed by atoms with Crippen LogP contribution in [0.4, 0.5) is 11.4 Å². The molecule has 2 rings (SSSR count). The highest BCUT2D eigenvalue weighted by atomic mass is 16.2. The highest BCUT2D eigenvalue weighted by Crippen LogP contribution is 2.18. The van der Waals surface area contributed by atoms with Gasteiger partial charge in [0.05, 0.1) is 0 Å². The molecule has 0 fully saturated rings. The number of rotatable bonds is 5. The molecule has 0 saturated heterocycles. The predicted molar refractivity (Wildman–Crippen MR) is 88.7 cm³/mol. The molecular formula is C18H22N2O. The molecule has 110 valence electrons. The number of nitrogens with one attached hydrogen (secondary N) is 2. The average Bonchev–Trinajstić information content (AvgIpc) is 2.47. The van der Waals surface area contributed by atoms with Crippen LogP contribution in [0.1, 0.15) is 24.5 Å². The maximum absolute atomic E-state index is 12.4. The first-order valence-electron chi connectivity index (χ1n) is 7.30. The first-order chi connectivity index (χ1) is 10.1. The molecule has 0 aromatic heterocycles. The van der Waals surface area contributed by atoms with Crippen LogP contribution in [0.3, 0.4) is 0 Å². The molecule has 0 heterocycles. The van der Waals surface area contributed by atoms with E-state index in [0.29, 0.717) is 0 Å². The Balaban J connectivity index is 2.07. The van der Waals surface area contributed by atoms with Gasteiger partial charge in [0.25, 0.3) is 0 Å². The fraction of sp³-hybridized carbons (Fsp3) is 0.278. The highest BCUT2D eigenvalue weighted by molar-refractivity contribution is 5.96. The molecule has 0 aliphatic carbocycles. The number of aryl methyl sites for hydroxylation is 2. The molecule has 0 aliphatic rings. The zero-order chi connectivity index (χ0) is 15.2. The van der Waals surface area contributed by atoms with E-state index < -0.39 is 0 Å². The second kappa shape index (κ2) is 6.93. The lowest BCUT2D eigenvalue weighted by Crippen LogP contribution is -2.34. The van der Waals surface area contributed by atoms with Gasteiger partial charge in [-0.2, -0.15) is 0 Å². The van der Waals surface area contributed by atoms with Crippen molar-refractivity contribution >= 4 is 17.3 Å². The Kier molecular flexibility index (Phi) is 4.99. The van der Waals surface area contributed by atoms with Crippen LogP contribution in [0, 0.1) is 13.8 Å². The fourth-order valence-electron chi connectivity index (χ4n) is 2.27. The first kappa shape index (κ1) is 15.1. The van der Waals surface area contributed by atoms with Gasteiger partial charge in [-0.1, -0.05) is 42.8 Å². The number of hydrogen-bond acceptors (Lipinski definition) is 2. The zero-order valence-electron chi connectivity index (χ0n) is 12.8. The van der Waals surface area contributed by atoms with Crippen molar-refractivity contribution in [1.82, 2.24) is 0 Å². The van der Waals surface area contributed by atoms with Crippen molar-refractivity contribution in [2.45, 2.75) is 33.2 Å². The molecule has 1 amide bonds. The quantitative estimate of drug-likeness (QED) is 0.865. The van der Waals surface area contributed by atoms with Crippen LogP contribution in [0.15, 0.2) is 48.5 Å². The van der Waals surface area contributed by atoms with E-state index >= 15 is 0 Å². The SMILES string of the molecule is CC[C@H](Nc1ccc(C)cc1C)C(=O)Nc1ccccc1. The Labute approximate surface area is 126 Å². The number of benzene rings is 2. The van der Waals surface area contributed by atoms with E-state index in [9.17, 15) is 4.79 Å². The fourth-order valence-corrected chi connectivity index (χ4v) is 2.27. The average molecular weight is 282 g/mol. The summed E-state index contributed by atoms with van der Waals surface area (Å²) in [5, 5.41) is 6.27. The van der Waals surface area contributed by atoms with Crippen LogP contribution < -0.4 is 10.6 Å². The molecule has 1 atom stereocenters. The van der Waals surface area contributed by atoms with Crippen LogP contribution in [-0.4, -0.2) is 11.9 Å². The van der Waals surface area contributed by atoms with Crippen LogP contribution in [-0.2, 0) is 4.79 Å². The van der Waals surface area contributed by atoms with Crippen LogP contribution >= 0.6 is 0 Å². The van der Waals surface area contributed by atoms with Crippen molar-refractivity contribution in [3.8, 4) is 0 Å². The molecule has 0 aliphatic heterocycles. The second-order valence-corrected chi connectivity index (χ2v) is 5.28. The van der Waals surface area contributed by atoms with E-state index in [-0.39, 0.29) is 11.9 Å². The molecule has 0 saturated carbocycles. The molecule has 0 unspecified atom stereocenters. The van der Waals surface area contributed by atoms with E-state index in [2.05, 4.69) is 36.6 Å². The molecular weight excluding hydrogens is 260 g/mol. The van der Waals surface area contributed by atoms with Gasteiger partial charge in [-0.25, -0.2) is 0 Å². The Morgan fingerprint density at radius 2 is 1.81 bits per heavy atom. The third kappa shape index (κ3) is 4.09. The lowest BCUT2D eigenvalue weighted by atomic mass is 10.1. The molecule has 2 aromatic carbocycles. The van der Waals surface area contributed by atoms with Gasteiger partial charge < -0.3 is 10.6 Å². The standard InChI is InChI=1S/C18H22N2O/c1-4-16(18(21)19-15-8-6-5-7-9-15)20-17-11-10-13(2)12-14(17)3/h5-12,16,20H,4H2,1-3H3,(H,19,21)/t16-/m0/s1. The summed E-state index contributed by atoms with van der Waals surface area (Å²) in [4.78, 5) is 12.4. The van der Waals surface area contributed by atoms with Gasteiger partial charge in [-0.3, -0.25) is 4.79 Å². The van der Waals surface area contributed by atoms with Gasteiger partial charge in [-0.05, 0) is 44.0 Å². The van der Waals surface area contributed by atoms with Gasteiger partial charge in [-0.15, -0.1) is 0 Å².